The molecule has 25 heavy (non-hydrogen) atoms. The maximum atomic E-state index is 13.0. The minimum absolute atomic E-state index is 0.288. The van der Waals surface area contributed by atoms with Crippen molar-refractivity contribution in [1.29, 1.82) is 0 Å². The van der Waals surface area contributed by atoms with Gasteiger partial charge in [-0.1, -0.05) is 17.3 Å². The number of likely N-dealkylation sites (tertiary alicyclic amines) is 1. The smallest absolute Gasteiger partial charge is 0.223 e. The highest BCUT2D eigenvalue weighted by Crippen LogP contribution is 2.20. The van der Waals surface area contributed by atoms with Gasteiger partial charge in [-0.05, 0) is 44.1 Å². The summed E-state index contributed by atoms with van der Waals surface area (Å²) in [6, 6.07) is 6.40. The zero-order chi connectivity index (χ0) is 17.8. The van der Waals surface area contributed by atoms with E-state index in [4.69, 9.17) is 4.52 Å². The molecule has 6 nitrogen and oxygen atoms in total. The van der Waals surface area contributed by atoms with E-state index in [9.17, 15) is 9.50 Å². The van der Waals surface area contributed by atoms with E-state index < -0.39 is 6.10 Å². The maximum Gasteiger partial charge on any atom is 0.223 e. The van der Waals surface area contributed by atoms with Crippen molar-refractivity contribution in [2.24, 2.45) is 0 Å². The van der Waals surface area contributed by atoms with Crippen LogP contribution in [0.4, 0.5) is 4.39 Å². The third-order valence-electron chi connectivity index (χ3n) is 4.75. The number of benzene rings is 1. The van der Waals surface area contributed by atoms with Crippen LogP contribution >= 0.6 is 0 Å². The van der Waals surface area contributed by atoms with Crippen LogP contribution in [0.5, 0.6) is 0 Å². The zero-order valence-electron chi connectivity index (χ0n) is 14.7. The van der Waals surface area contributed by atoms with Gasteiger partial charge in [0.15, 0.2) is 5.82 Å². The summed E-state index contributed by atoms with van der Waals surface area (Å²) in [7, 11) is 2.03. The molecular weight excluding hydrogens is 323 g/mol. The lowest BCUT2D eigenvalue weighted by molar-refractivity contribution is 0.0638. The summed E-state index contributed by atoms with van der Waals surface area (Å²) in [6.45, 7) is 4.91. The topological polar surface area (TPSA) is 65.6 Å². The lowest BCUT2D eigenvalue weighted by Gasteiger charge is -2.38. The van der Waals surface area contributed by atoms with Gasteiger partial charge in [-0.2, -0.15) is 4.98 Å². The quantitative estimate of drug-likeness (QED) is 0.863. The molecule has 2 atom stereocenters. The summed E-state index contributed by atoms with van der Waals surface area (Å²) in [6.07, 6.45) is 1.56. The van der Waals surface area contributed by atoms with Gasteiger partial charge in [-0.3, -0.25) is 9.80 Å². The summed E-state index contributed by atoms with van der Waals surface area (Å²) in [5.41, 5.74) is 0.739. The Morgan fingerprint density at radius 1 is 1.40 bits per heavy atom. The lowest BCUT2D eigenvalue weighted by Crippen LogP contribution is -2.47. The van der Waals surface area contributed by atoms with Gasteiger partial charge in [0.05, 0.1) is 12.6 Å². The van der Waals surface area contributed by atoms with Crippen LogP contribution in [0.2, 0.25) is 0 Å². The molecule has 1 aromatic carbocycles. The van der Waals surface area contributed by atoms with Crippen molar-refractivity contribution in [3.8, 4) is 0 Å². The summed E-state index contributed by atoms with van der Waals surface area (Å²) in [5.74, 6) is 1.01. The van der Waals surface area contributed by atoms with Crippen molar-refractivity contribution in [2.45, 2.75) is 38.5 Å². The molecule has 7 heteroatoms. The van der Waals surface area contributed by atoms with E-state index in [1.54, 1.807) is 19.1 Å². The number of nitrogens with zero attached hydrogens (tertiary/aromatic N) is 4. The Hall–Kier alpha value is -1.83. The molecule has 1 fully saturated rings. The Labute approximate surface area is 147 Å². The second kappa shape index (κ2) is 8.03. The average Bonchev–Trinajstić information content (AvgIpc) is 3.00. The highest BCUT2D eigenvalue weighted by atomic mass is 19.1. The molecule has 1 aromatic heterocycles. The molecule has 2 heterocycles. The summed E-state index contributed by atoms with van der Waals surface area (Å²) >= 11 is 0. The van der Waals surface area contributed by atoms with Crippen molar-refractivity contribution in [1.82, 2.24) is 19.9 Å². The lowest BCUT2D eigenvalue weighted by atomic mass is 10.0. The monoisotopic (exact) mass is 348 g/mol. The Morgan fingerprint density at radius 3 is 2.84 bits per heavy atom. The number of aliphatic hydroxyl groups is 1. The third-order valence-corrected chi connectivity index (χ3v) is 4.75. The van der Waals surface area contributed by atoms with Crippen LogP contribution in [0.25, 0.3) is 0 Å². The fourth-order valence-electron chi connectivity index (χ4n) is 3.35. The largest absolute Gasteiger partial charge is 0.387 e. The van der Waals surface area contributed by atoms with E-state index in [0.29, 0.717) is 30.8 Å². The van der Waals surface area contributed by atoms with Crippen molar-refractivity contribution >= 4 is 0 Å². The molecule has 0 amide bonds. The summed E-state index contributed by atoms with van der Waals surface area (Å²) in [4.78, 5) is 8.77. The van der Waals surface area contributed by atoms with Crippen molar-refractivity contribution in [3.05, 3.63) is 47.4 Å². The first-order valence-corrected chi connectivity index (χ1v) is 8.66. The van der Waals surface area contributed by atoms with Crippen LogP contribution in [-0.4, -0.2) is 57.8 Å². The van der Waals surface area contributed by atoms with Gasteiger partial charge < -0.3 is 9.63 Å². The third kappa shape index (κ3) is 4.84. The number of aliphatic hydroxyl groups excluding tert-OH is 1. The van der Waals surface area contributed by atoms with Gasteiger partial charge in [-0.25, -0.2) is 4.39 Å². The molecule has 0 radical (unpaired) electrons. The van der Waals surface area contributed by atoms with Crippen LogP contribution in [0, 0.1) is 12.7 Å². The molecule has 0 bridgehead atoms. The molecule has 1 aliphatic rings. The number of hydrogen-bond acceptors (Lipinski definition) is 6. The van der Waals surface area contributed by atoms with Gasteiger partial charge in [0.25, 0.3) is 0 Å². The Morgan fingerprint density at radius 2 is 2.16 bits per heavy atom. The number of aryl methyl sites for hydroxylation is 1. The number of hydrogen-bond donors (Lipinski definition) is 1. The molecule has 0 saturated carbocycles. The first-order chi connectivity index (χ1) is 12.0. The molecule has 136 valence electrons. The molecule has 0 unspecified atom stereocenters. The van der Waals surface area contributed by atoms with Crippen LogP contribution in [0.1, 0.15) is 36.2 Å². The highest BCUT2D eigenvalue weighted by Gasteiger charge is 2.25. The fraction of sp³-hybridized carbons (Fsp3) is 0.556. The maximum absolute atomic E-state index is 13.0. The highest BCUT2D eigenvalue weighted by molar-refractivity contribution is 5.18. The second-order valence-electron chi connectivity index (χ2n) is 6.77. The normalized spacial score (nSPS) is 20.1. The van der Waals surface area contributed by atoms with E-state index in [1.807, 2.05) is 7.05 Å². The average molecular weight is 348 g/mol. The van der Waals surface area contributed by atoms with Crippen molar-refractivity contribution in [2.75, 3.05) is 26.7 Å². The standard InChI is InChI=1S/C18H25FN4O2/c1-13-20-18(21-25-13)12-23-9-3-4-16(10-23)22(2)11-17(24)14-5-7-15(19)8-6-14/h5-8,16-17,24H,3-4,9-12H2,1-2H3/t16-,17+/m1/s1. The summed E-state index contributed by atoms with van der Waals surface area (Å²) < 4.78 is 18.0. The number of aromatic nitrogens is 2. The Bertz CT molecular complexity index is 676. The molecule has 1 saturated heterocycles. The predicted octanol–water partition coefficient (Wildman–Crippen LogP) is 2.15. The van der Waals surface area contributed by atoms with Crippen LogP contribution in [-0.2, 0) is 6.54 Å². The Balaban J connectivity index is 1.54. The molecule has 0 spiro atoms. The number of piperidine rings is 1. The van der Waals surface area contributed by atoms with Gasteiger partial charge in [0.1, 0.15) is 5.82 Å². The van der Waals surface area contributed by atoms with Crippen molar-refractivity contribution < 1.29 is 14.0 Å². The predicted molar refractivity (Wildman–Crippen MR) is 91.3 cm³/mol. The Kier molecular flexibility index (Phi) is 5.78. The number of likely N-dealkylation sites (N-methyl/N-ethyl adjacent to an activating group) is 1. The number of rotatable bonds is 6. The number of halogens is 1. The van der Waals surface area contributed by atoms with Gasteiger partial charge in [-0.15, -0.1) is 0 Å². The second-order valence-corrected chi connectivity index (χ2v) is 6.77. The SMILES string of the molecule is Cc1nc(CN2CCC[C@@H](N(C)C[C@H](O)c3ccc(F)cc3)C2)no1. The van der Waals surface area contributed by atoms with Crippen LogP contribution in [0.15, 0.2) is 28.8 Å². The van der Waals surface area contributed by atoms with Crippen LogP contribution in [0.3, 0.4) is 0 Å². The van der Waals surface area contributed by atoms with Gasteiger partial charge in [0, 0.05) is 26.1 Å². The first kappa shape index (κ1) is 18.0. The van der Waals surface area contributed by atoms with E-state index in [0.717, 1.165) is 31.5 Å². The van der Waals surface area contributed by atoms with Crippen LogP contribution < -0.4 is 0 Å². The van der Waals surface area contributed by atoms with Gasteiger partial charge >= 0.3 is 0 Å². The molecule has 1 N–H and O–H groups in total. The molecule has 3 rings (SSSR count). The van der Waals surface area contributed by atoms with E-state index in [2.05, 4.69) is 19.9 Å². The molecular formula is C18H25FN4O2. The zero-order valence-corrected chi connectivity index (χ0v) is 14.7. The van der Waals surface area contributed by atoms with Crippen molar-refractivity contribution in [3.63, 3.8) is 0 Å². The first-order valence-electron chi connectivity index (χ1n) is 8.66. The minimum Gasteiger partial charge on any atom is -0.387 e. The van der Waals surface area contributed by atoms with E-state index in [1.165, 1.54) is 12.1 Å². The van der Waals surface area contributed by atoms with E-state index >= 15 is 0 Å². The minimum atomic E-state index is -0.624. The summed E-state index contributed by atoms with van der Waals surface area (Å²) in [5, 5.41) is 14.4. The molecule has 1 aliphatic heterocycles. The molecule has 0 aliphatic carbocycles. The van der Waals surface area contributed by atoms with Gasteiger partial charge in [0.2, 0.25) is 5.89 Å². The molecule has 2 aromatic rings. The van der Waals surface area contributed by atoms with E-state index in [-0.39, 0.29) is 5.82 Å². The fourth-order valence-corrected chi connectivity index (χ4v) is 3.35.